The number of pyridine rings is 1. The molecule has 3 N–H and O–H groups in total. The van der Waals surface area contributed by atoms with E-state index in [1.807, 2.05) is 0 Å². The zero-order chi connectivity index (χ0) is 23.4. The largest absolute Gasteiger partial charge is 0.492 e. The second-order valence-electron chi connectivity index (χ2n) is 7.65. The Hall–Kier alpha value is -4.48. The highest BCUT2D eigenvalue weighted by Gasteiger charge is 2.30. The van der Waals surface area contributed by atoms with Crippen LogP contribution in [-0.2, 0) is 0 Å². The Morgan fingerprint density at radius 3 is 2.79 bits per heavy atom. The fraction of sp³-hybridized carbons (Fsp3) is 0.190. The van der Waals surface area contributed by atoms with Crippen molar-refractivity contribution in [3.63, 3.8) is 0 Å². The number of aromatic carboxylic acids is 1. The molecule has 0 atom stereocenters. The molecule has 2 heterocycles. The average Bonchev–Trinajstić information content (AvgIpc) is 3.53. The summed E-state index contributed by atoms with van der Waals surface area (Å²) in [6.45, 7) is 0. The summed E-state index contributed by atoms with van der Waals surface area (Å²) in [6.07, 6.45) is 2.82. The Labute approximate surface area is 183 Å². The molecule has 33 heavy (non-hydrogen) atoms. The third kappa shape index (κ3) is 3.32. The van der Waals surface area contributed by atoms with Crippen LogP contribution in [0.1, 0.15) is 29.2 Å². The number of halogens is 1. The number of H-pyrrole nitrogens is 1. The van der Waals surface area contributed by atoms with Gasteiger partial charge in [0.1, 0.15) is 11.3 Å². The maximum atomic E-state index is 15.2. The average molecular weight is 453 g/mol. The van der Waals surface area contributed by atoms with Gasteiger partial charge in [-0.2, -0.15) is 0 Å². The predicted molar refractivity (Wildman–Crippen MR) is 116 cm³/mol. The molecule has 2 aromatic heterocycles. The summed E-state index contributed by atoms with van der Waals surface area (Å²) < 4.78 is 22.3. The molecule has 1 fully saturated rings. The van der Waals surface area contributed by atoms with Crippen molar-refractivity contribution >= 4 is 45.2 Å². The van der Waals surface area contributed by atoms with E-state index in [9.17, 15) is 24.8 Å². The number of carboxylic acid groups (broad SMARTS) is 1. The number of benzene rings is 2. The Balaban J connectivity index is 1.70. The smallest absolute Gasteiger partial charge is 0.341 e. The zero-order valence-electron chi connectivity index (χ0n) is 17.1. The highest BCUT2D eigenvalue weighted by atomic mass is 19.1. The lowest BCUT2D eigenvalue weighted by Gasteiger charge is -2.18. The molecule has 11 nitrogen and oxygen atoms in total. The lowest BCUT2D eigenvalue weighted by Crippen LogP contribution is -2.19. The van der Waals surface area contributed by atoms with Crippen LogP contribution in [0.5, 0.6) is 5.75 Å². The van der Waals surface area contributed by atoms with Crippen LogP contribution in [0.3, 0.4) is 0 Å². The number of fused-ring (bicyclic) bond motifs is 2. The van der Waals surface area contributed by atoms with Crippen LogP contribution in [-0.4, -0.2) is 37.6 Å². The van der Waals surface area contributed by atoms with Crippen LogP contribution in [0.4, 0.5) is 21.7 Å². The van der Waals surface area contributed by atoms with E-state index in [0.29, 0.717) is 11.0 Å². The number of carbonyl (C=O) groups is 1. The van der Waals surface area contributed by atoms with Crippen LogP contribution in [0.25, 0.3) is 21.9 Å². The van der Waals surface area contributed by atoms with Crippen molar-refractivity contribution < 1.29 is 24.0 Å². The third-order valence-corrected chi connectivity index (χ3v) is 5.52. The van der Waals surface area contributed by atoms with Crippen molar-refractivity contribution in [1.82, 2.24) is 14.5 Å². The molecule has 2 aromatic carbocycles. The molecule has 12 heteroatoms. The summed E-state index contributed by atoms with van der Waals surface area (Å²) in [6, 6.07) is 5.01. The monoisotopic (exact) mass is 453 g/mol. The molecule has 0 aliphatic heterocycles. The normalized spacial score (nSPS) is 13.4. The molecule has 0 unspecified atom stereocenters. The van der Waals surface area contributed by atoms with Gasteiger partial charge < -0.3 is 24.7 Å². The number of non-ortho nitro benzene ring substituents is 1. The first kappa shape index (κ1) is 20.4. The topological polar surface area (TPSA) is 152 Å². The standard InChI is InChI=1S/C21H16FN5O6/c1-33-19-16(25-21-23-14-5-4-10(27(31)32)6-15(14)24-21)13(22)7-11-17(19)26(9-2-3-9)8-12(18(11)28)20(29)30/h4-9H,2-3H2,1H3,(H,29,30)(H2,23,24,25). The van der Waals surface area contributed by atoms with E-state index < -0.39 is 27.7 Å². The number of nitro benzene ring substituents is 1. The van der Waals surface area contributed by atoms with Crippen molar-refractivity contribution in [3.05, 3.63) is 62.2 Å². The Morgan fingerprint density at radius 1 is 1.39 bits per heavy atom. The number of hydrogen-bond donors (Lipinski definition) is 3. The van der Waals surface area contributed by atoms with Crippen LogP contribution in [0, 0.1) is 15.9 Å². The summed E-state index contributed by atoms with van der Waals surface area (Å²) in [4.78, 5) is 41.9. The summed E-state index contributed by atoms with van der Waals surface area (Å²) in [7, 11) is 1.31. The second kappa shape index (κ2) is 7.29. The van der Waals surface area contributed by atoms with Gasteiger partial charge in [0.05, 0.1) is 34.0 Å². The molecule has 1 aliphatic carbocycles. The fourth-order valence-corrected chi connectivity index (χ4v) is 3.85. The molecule has 0 radical (unpaired) electrons. The fourth-order valence-electron chi connectivity index (χ4n) is 3.85. The minimum absolute atomic E-state index is 0.0115. The Bertz CT molecular complexity index is 1540. The maximum Gasteiger partial charge on any atom is 0.341 e. The molecular formula is C21H16FN5O6. The van der Waals surface area contributed by atoms with Crippen molar-refractivity contribution in [3.8, 4) is 5.75 Å². The molecule has 168 valence electrons. The number of anilines is 2. The molecule has 4 aromatic rings. The van der Waals surface area contributed by atoms with Gasteiger partial charge in [0.25, 0.3) is 5.69 Å². The molecule has 0 spiro atoms. The number of nitrogens with zero attached hydrogens (tertiary/aromatic N) is 3. The molecule has 1 aliphatic rings. The molecule has 5 rings (SSSR count). The number of hydrogen-bond acceptors (Lipinski definition) is 7. The van der Waals surface area contributed by atoms with E-state index in [2.05, 4.69) is 15.3 Å². The first-order valence-electron chi connectivity index (χ1n) is 9.88. The summed E-state index contributed by atoms with van der Waals surface area (Å²) >= 11 is 0. The Morgan fingerprint density at radius 2 is 2.15 bits per heavy atom. The van der Waals surface area contributed by atoms with Gasteiger partial charge in [-0.25, -0.2) is 14.2 Å². The molecule has 0 saturated heterocycles. The first-order valence-corrected chi connectivity index (χ1v) is 9.88. The van der Waals surface area contributed by atoms with Crippen molar-refractivity contribution in [1.29, 1.82) is 0 Å². The van der Waals surface area contributed by atoms with Gasteiger partial charge >= 0.3 is 5.97 Å². The van der Waals surface area contributed by atoms with Crippen LogP contribution < -0.4 is 15.5 Å². The summed E-state index contributed by atoms with van der Waals surface area (Å²) in [5.74, 6) is -2.14. The number of nitro groups is 1. The number of ether oxygens (including phenoxy) is 1. The van der Waals surface area contributed by atoms with E-state index in [-0.39, 0.29) is 40.0 Å². The van der Waals surface area contributed by atoms with E-state index in [1.54, 1.807) is 4.57 Å². The van der Waals surface area contributed by atoms with Crippen molar-refractivity contribution in [2.24, 2.45) is 0 Å². The van der Waals surface area contributed by atoms with Gasteiger partial charge in [-0.05, 0) is 25.0 Å². The molecule has 0 bridgehead atoms. The van der Waals surface area contributed by atoms with Crippen molar-refractivity contribution in [2.75, 3.05) is 12.4 Å². The minimum atomic E-state index is -1.39. The quantitative estimate of drug-likeness (QED) is 0.295. The summed E-state index contributed by atoms with van der Waals surface area (Å²) in [5.41, 5.74) is -0.447. The van der Waals surface area contributed by atoms with Crippen molar-refractivity contribution in [2.45, 2.75) is 18.9 Å². The second-order valence-corrected chi connectivity index (χ2v) is 7.65. The highest BCUT2D eigenvalue weighted by Crippen LogP contribution is 2.43. The van der Waals surface area contributed by atoms with Gasteiger partial charge in [0.2, 0.25) is 11.4 Å². The molecule has 1 saturated carbocycles. The lowest BCUT2D eigenvalue weighted by molar-refractivity contribution is -0.384. The van der Waals surface area contributed by atoms with Crippen LogP contribution in [0.2, 0.25) is 0 Å². The van der Waals surface area contributed by atoms with Gasteiger partial charge in [-0.15, -0.1) is 0 Å². The van der Waals surface area contributed by atoms with Gasteiger partial charge in [0.15, 0.2) is 11.6 Å². The zero-order valence-corrected chi connectivity index (χ0v) is 17.1. The van der Waals surface area contributed by atoms with Gasteiger partial charge in [0, 0.05) is 24.4 Å². The third-order valence-electron chi connectivity index (χ3n) is 5.52. The summed E-state index contributed by atoms with van der Waals surface area (Å²) in [5, 5.41) is 23.1. The number of carboxylic acids is 1. The van der Waals surface area contributed by atoms with E-state index in [0.717, 1.165) is 18.9 Å². The number of rotatable bonds is 6. The van der Waals surface area contributed by atoms with E-state index in [1.165, 1.54) is 31.5 Å². The highest BCUT2D eigenvalue weighted by molar-refractivity contribution is 5.97. The van der Waals surface area contributed by atoms with E-state index in [4.69, 9.17) is 4.74 Å². The number of methoxy groups -OCH3 is 1. The van der Waals surface area contributed by atoms with Gasteiger partial charge in [-0.1, -0.05) is 0 Å². The first-order chi connectivity index (χ1) is 15.8. The van der Waals surface area contributed by atoms with Crippen LogP contribution in [0.15, 0.2) is 35.3 Å². The Kier molecular flexibility index (Phi) is 4.51. The molecule has 0 amide bonds. The van der Waals surface area contributed by atoms with Gasteiger partial charge in [-0.3, -0.25) is 14.9 Å². The number of aromatic nitrogens is 3. The lowest BCUT2D eigenvalue weighted by atomic mass is 10.1. The molecular weight excluding hydrogens is 437 g/mol. The minimum Gasteiger partial charge on any atom is -0.492 e. The maximum absolute atomic E-state index is 15.2. The number of nitrogens with one attached hydrogen (secondary N) is 2. The van der Waals surface area contributed by atoms with E-state index >= 15 is 4.39 Å². The SMILES string of the molecule is COc1c(Nc2nc3ccc([N+](=O)[O-])cc3[nH]2)c(F)cc2c(=O)c(C(=O)O)cn(C3CC3)c12. The number of imidazole rings is 1. The predicted octanol–water partition coefficient (Wildman–Crippen LogP) is 3.71. The number of aromatic amines is 1. The van der Waals surface area contributed by atoms with Crippen LogP contribution >= 0.6 is 0 Å².